The Morgan fingerprint density at radius 1 is 1.32 bits per heavy atom. The molecular weight excluding hydrogens is 256 g/mol. The SMILES string of the molecule is CCCC1NC(CC)N(C2CCC(SCC)C2)C1=O. The van der Waals surface area contributed by atoms with Crippen molar-refractivity contribution >= 4 is 17.7 Å². The summed E-state index contributed by atoms with van der Waals surface area (Å²) in [6.07, 6.45) is 7.02. The summed E-state index contributed by atoms with van der Waals surface area (Å²) in [5, 5.41) is 4.30. The summed E-state index contributed by atoms with van der Waals surface area (Å²) < 4.78 is 0. The lowest BCUT2D eigenvalue weighted by Crippen LogP contribution is -2.43. The van der Waals surface area contributed by atoms with Gasteiger partial charge in [0.25, 0.3) is 0 Å². The Labute approximate surface area is 121 Å². The molecule has 1 N–H and O–H groups in total. The summed E-state index contributed by atoms with van der Waals surface area (Å²) in [6, 6.07) is 0.559. The fourth-order valence-corrected chi connectivity index (χ4v) is 4.65. The first kappa shape index (κ1) is 15.2. The van der Waals surface area contributed by atoms with Crippen LogP contribution >= 0.6 is 11.8 Å². The first-order chi connectivity index (χ1) is 9.21. The molecule has 3 nitrogen and oxygen atoms in total. The first-order valence-corrected chi connectivity index (χ1v) is 8.95. The third-order valence-electron chi connectivity index (χ3n) is 4.40. The van der Waals surface area contributed by atoms with Crippen molar-refractivity contribution in [3.05, 3.63) is 0 Å². The number of carbonyl (C=O) groups excluding carboxylic acids is 1. The van der Waals surface area contributed by atoms with E-state index in [0.29, 0.717) is 11.9 Å². The van der Waals surface area contributed by atoms with Gasteiger partial charge in [0.15, 0.2) is 0 Å². The van der Waals surface area contributed by atoms with Gasteiger partial charge in [0.05, 0.1) is 12.2 Å². The van der Waals surface area contributed by atoms with Crippen LogP contribution < -0.4 is 5.32 Å². The number of hydrogen-bond acceptors (Lipinski definition) is 3. The molecule has 4 atom stereocenters. The summed E-state index contributed by atoms with van der Waals surface area (Å²) in [7, 11) is 0. The number of rotatable bonds is 6. The van der Waals surface area contributed by atoms with Gasteiger partial charge >= 0.3 is 0 Å². The van der Waals surface area contributed by atoms with E-state index in [1.807, 2.05) is 0 Å². The van der Waals surface area contributed by atoms with Crippen molar-refractivity contribution in [2.45, 2.75) is 82.8 Å². The monoisotopic (exact) mass is 284 g/mol. The van der Waals surface area contributed by atoms with Gasteiger partial charge < -0.3 is 4.90 Å². The molecule has 1 aliphatic carbocycles. The van der Waals surface area contributed by atoms with Crippen LogP contribution in [-0.2, 0) is 4.79 Å². The Balaban J connectivity index is 1.99. The molecule has 1 saturated heterocycles. The molecule has 1 heterocycles. The zero-order valence-electron chi connectivity index (χ0n) is 12.5. The molecule has 1 saturated carbocycles. The topological polar surface area (TPSA) is 32.3 Å². The van der Waals surface area contributed by atoms with Crippen LogP contribution in [0.2, 0.25) is 0 Å². The summed E-state index contributed by atoms with van der Waals surface area (Å²) in [5.74, 6) is 1.56. The molecule has 19 heavy (non-hydrogen) atoms. The minimum atomic E-state index is 0.0767. The van der Waals surface area contributed by atoms with Crippen LogP contribution in [0, 0.1) is 0 Å². The van der Waals surface area contributed by atoms with Crippen molar-refractivity contribution in [2.75, 3.05) is 5.75 Å². The number of carbonyl (C=O) groups is 1. The molecule has 2 aliphatic rings. The van der Waals surface area contributed by atoms with Crippen molar-refractivity contribution in [3.8, 4) is 0 Å². The summed E-state index contributed by atoms with van der Waals surface area (Å²) in [4.78, 5) is 14.8. The quantitative estimate of drug-likeness (QED) is 0.814. The van der Waals surface area contributed by atoms with Crippen molar-refractivity contribution in [1.29, 1.82) is 0 Å². The van der Waals surface area contributed by atoms with E-state index < -0.39 is 0 Å². The van der Waals surface area contributed by atoms with Gasteiger partial charge in [-0.1, -0.05) is 27.2 Å². The summed E-state index contributed by atoms with van der Waals surface area (Å²) >= 11 is 2.06. The molecule has 1 amide bonds. The predicted octanol–water partition coefficient (Wildman–Crippen LogP) is 3.00. The predicted molar refractivity (Wildman–Crippen MR) is 82.3 cm³/mol. The second-order valence-corrected chi connectivity index (χ2v) is 7.30. The van der Waals surface area contributed by atoms with E-state index in [0.717, 1.165) is 24.5 Å². The maximum Gasteiger partial charge on any atom is 0.241 e. The highest BCUT2D eigenvalue weighted by Gasteiger charge is 2.43. The normalized spacial score (nSPS) is 35.3. The Morgan fingerprint density at radius 3 is 2.74 bits per heavy atom. The fraction of sp³-hybridized carbons (Fsp3) is 0.933. The van der Waals surface area contributed by atoms with E-state index in [1.54, 1.807) is 0 Å². The zero-order valence-corrected chi connectivity index (χ0v) is 13.3. The van der Waals surface area contributed by atoms with Crippen molar-refractivity contribution < 1.29 is 4.79 Å². The van der Waals surface area contributed by atoms with E-state index in [4.69, 9.17) is 0 Å². The highest BCUT2D eigenvalue weighted by atomic mass is 32.2. The molecule has 0 aromatic rings. The first-order valence-electron chi connectivity index (χ1n) is 7.91. The Kier molecular flexibility index (Phi) is 5.58. The van der Waals surface area contributed by atoms with Crippen molar-refractivity contribution in [3.63, 3.8) is 0 Å². The van der Waals surface area contributed by atoms with E-state index in [2.05, 4.69) is 42.7 Å². The maximum absolute atomic E-state index is 12.6. The molecule has 0 aromatic heterocycles. The molecule has 4 heteroatoms. The minimum Gasteiger partial charge on any atom is -0.323 e. The maximum atomic E-state index is 12.6. The third kappa shape index (κ3) is 3.27. The van der Waals surface area contributed by atoms with Crippen LogP contribution in [0.5, 0.6) is 0 Å². The lowest BCUT2D eigenvalue weighted by molar-refractivity contribution is -0.132. The number of nitrogens with zero attached hydrogens (tertiary/aromatic N) is 1. The second-order valence-electron chi connectivity index (χ2n) is 5.72. The van der Waals surface area contributed by atoms with Gasteiger partial charge in [-0.05, 0) is 37.9 Å². The van der Waals surface area contributed by atoms with E-state index in [-0.39, 0.29) is 12.2 Å². The molecule has 2 rings (SSSR count). The van der Waals surface area contributed by atoms with Gasteiger partial charge in [-0.2, -0.15) is 11.8 Å². The van der Waals surface area contributed by atoms with E-state index in [9.17, 15) is 4.79 Å². The largest absolute Gasteiger partial charge is 0.323 e. The van der Waals surface area contributed by atoms with Crippen LogP contribution in [0.15, 0.2) is 0 Å². The Morgan fingerprint density at radius 2 is 2.11 bits per heavy atom. The Bertz CT molecular complexity index is 311. The minimum absolute atomic E-state index is 0.0767. The average molecular weight is 284 g/mol. The Hall–Kier alpha value is -0.220. The van der Waals surface area contributed by atoms with E-state index in [1.165, 1.54) is 25.0 Å². The number of hydrogen-bond donors (Lipinski definition) is 1. The van der Waals surface area contributed by atoms with Crippen LogP contribution in [0.3, 0.4) is 0 Å². The zero-order chi connectivity index (χ0) is 13.8. The molecule has 0 bridgehead atoms. The smallest absolute Gasteiger partial charge is 0.241 e. The van der Waals surface area contributed by atoms with Crippen LogP contribution in [0.25, 0.3) is 0 Å². The number of amides is 1. The van der Waals surface area contributed by atoms with E-state index >= 15 is 0 Å². The standard InChI is InChI=1S/C15H28N2OS/c1-4-7-13-15(18)17(14(5-2)16-13)11-8-9-12(10-11)19-6-3/h11-14,16H,4-10H2,1-3H3. The molecule has 0 radical (unpaired) electrons. The molecular formula is C15H28N2OS. The highest BCUT2D eigenvalue weighted by Crippen LogP contribution is 2.35. The molecule has 1 aliphatic heterocycles. The van der Waals surface area contributed by atoms with Gasteiger partial charge in [0, 0.05) is 11.3 Å². The van der Waals surface area contributed by atoms with Crippen molar-refractivity contribution in [1.82, 2.24) is 10.2 Å². The molecule has 2 fully saturated rings. The van der Waals surface area contributed by atoms with Crippen molar-refractivity contribution in [2.24, 2.45) is 0 Å². The number of nitrogens with one attached hydrogen (secondary N) is 1. The third-order valence-corrected chi connectivity index (χ3v) is 5.63. The fourth-order valence-electron chi connectivity index (χ4n) is 3.52. The molecule has 110 valence electrons. The summed E-state index contributed by atoms with van der Waals surface area (Å²) in [6.45, 7) is 6.56. The lowest BCUT2D eigenvalue weighted by Gasteiger charge is -2.29. The molecule has 4 unspecified atom stereocenters. The van der Waals surface area contributed by atoms with Gasteiger partial charge in [-0.3, -0.25) is 10.1 Å². The van der Waals surface area contributed by atoms with Gasteiger partial charge in [0.1, 0.15) is 0 Å². The van der Waals surface area contributed by atoms with Gasteiger partial charge in [-0.25, -0.2) is 0 Å². The van der Waals surface area contributed by atoms with Crippen LogP contribution in [0.1, 0.15) is 59.3 Å². The second kappa shape index (κ2) is 6.98. The van der Waals surface area contributed by atoms with Gasteiger partial charge in [-0.15, -0.1) is 0 Å². The highest BCUT2D eigenvalue weighted by molar-refractivity contribution is 7.99. The molecule has 0 spiro atoms. The average Bonchev–Trinajstić information content (AvgIpc) is 2.96. The van der Waals surface area contributed by atoms with Gasteiger partial charge in [0.2, 0.25) is 5.91 Å². The lowest BCUT2D eigenvalue weighted by atomic mass is 10.1. The molecule has 0 aromatic carbocycles. The van der Waals surface area contributed by atoms with Crippen LogP contribution in [-0.4, -0.2) is 40.1 Å². The van der Waals surface area contributed by atoms with Crippen LogP contribution in [0.4, 0.5) is 0 Å². The number of thioether (sulfide) groups is 1. The summed E-state index contributed by atoms with van der Waals surface area (Å²) in [5.41, 5.74) is 0.